The summed E-state index contributed by atoms with van der Waals surface area (Å²) in [5, 5.41) is 17.5. The van der Waals surface area contributed by atoms with E-state index in [1.807, 2.05) is 97.1 Å². The minimum Gasteiger partial charge on any atom is -0.359 e. The zero-order chi connectivity index (χ0) is 37.9. The Bertz CT molecular complexity index is 2000. The fourth-order valence-electron chi connectivity index (χ4n) is 6.21. The third kappa shape index (κ3) is 8.98. The molecule has 0 spiro atoms. The van der Waals surface area contributed by atoms with E-state index in [0.717, 1.165) is 31.8 Å². The highest BCUT2D eigenvalue weighted by atomic mass is 31.1. The number of anilines is 2. The largest absolute Gasteiger partial charge is 0.359 e. The van der Waals surface area contributed by atoms with Gasteiger partial charge in [-0.25, -0.2) is 0 Å². The second-order valence-corrected chi connectivity index (χ2v) is 16.6. The highest BCUT2D eigenvalue weighted by Crippen LogP contribution is 2.46. The van der Waals surface area contributed by atoms with Crippen molar-refractivity contribution in [3.8, 4) is 11.1 Å². The van der Waals surface area contributed by atoms with Gasteiger partial charge in [0.1, 0.15) is 12.8 Å². The van der Waals surface area contributed by atoms with E-state index in [2.05, 4.69) is 81.9 Å². The van der Waals surface area contributed by atoms with Crippen molar-refractivity contribution in [2.45, 2.75) is 12.8 Å². The third-order valence-corrected chi connectivity index (χ3v) is 13.6. The molecule has 0 unspecified atom stereocenters. The van der Waals surface area contributed by atoms with Gasteiger partial charge in [0.05, 0.1) is 0 Å². The van der Waals surface area contributed by atoms with Crippen molar-refractivity contribution in [2.24, 2.45) is 0 Å². The summed E-state index contributed by atoms with van der Waals surface area (Å²) in [6, 6.07) is 52.6. The van der Waals surface area contributed by atoms with Crippen molar-refractivity contribution in [3.05, 3.63) is 158 Å². The van der Waals surface area contributed by atoms with E-state index in [0.29, 0.717) is 22.5 Å². The molecule has 0 heterocycles. The van der Waals surface area contributed by atoms with Gasteiger partial charge in [0.15, 0.2) is 0 Å². The average Bonchev–Trinajstić information content (AvgIpc) is 3.20. The molecular formula is C44H40N4O4P2. The summed E-state index contributed by atoms with van der Waals surface area (Å²) in [4.78, 5) is 52.0. The number of hydrogen-bond acceptors (Lipinski definition) is 4. The SMILES string of the molecule is CNC(=O)CC(=O)Nc1cccc(P(c2ccccc2)c2ccccc2)c1-c1c(NC(=O)CC(=O)NC)cccc1P(c1ccccc1)c1ccccc1. The van der Waals surface area contributed by atoms with E-state index in [1.165, 1.54) is 14.1 Å². The Labute approximate surface area is 317 Å². The molecule has 0 aromatic heterocycles. The molecule has 0 aliphatic rings. The number of rotatable bonds is 13. The first-order valence-corrected chi connectivity index (χ1v) is 20.1. The van der Waals surface area contributed by atoms with Crippen LogP contribution in [0.4, 0.5) is 11.4 Å². The van der Waals surface area contributed by atoms with Crippen molar-refractivity contribution in [2.75, 3.05) is 24.7 Å². The first-order valence-electron chi connectivity index (χ1n) is 17.5. The van der Waals surface area contributed by atoms with Crippen LogP contribution in [0.2, 0.25) is 0 Å². The molecule has 0 bridgehead atoms. The molecule has 6 rings (SSSR count). The molecule has 0 saturated heterocycles. The summed E-state index contributed by atoms with van der Waals surface area (Å²) in [5.74, 6) is -1.79. The molecule has 0 atom stereocenters. The van der Waals surface area contributed by atoms with Gasteiger partial charge in [-0.15, -0.1) is 0 Å². The van der Waals surface area contributed by atoms with Crippen molar-refractivity contribution in [1.29, 1.82) is 0 Å². The lowest BCUT2D eigenvalue weighted by Gasteiger charge is -2.29. The first-order chi connectivity index (χ1) is 26.4. The van der Waals surface area contributed by atoms with E-state index >= 15 is 0 Å². The van der Waals surface area contributed by atoms with Crippen molar-refractivity contribution in [1.82, 2.24) is 10.6 Å². The predicted octanol–water partition coefficient (Wildman–Crippen LogP) is 5.02. The highest BCUT2D eigenvalue weighted by Gasteiger charge is 2.30. The molecule has 4 amide bonds. The minimum absolute atomic E-state index is 0.371. The van der Waals surface area contributed by atoms with Crippen LogP contribution in [-0.4, -0.2) is 37.7 Å². The molecule has 54 heavy (non-hydrogen) atoms. The zero-order valence-electron chi connectivity index (χ0n) is 30.0. The quantitative estimate of drug-likeness (QED) is 0.0981. The number of nitrogens with one attached hydrogen (secondary N) is 4. The second-order valence-electron chi connectivity index (χ2n) is 12.2. The molecule has 6 aromatic rings. The lowest BCUT2D eigenvalue weighted by molar-refractivity contribution is -0.128. The molecule has 0 radical (unpaired) electrons. The van der Waals surface area contributed by atoms with Gasteiger partial charge in [0.25, 0.3) is 0 Å². The molecule has 0 saturated carbocycles. The summed E-state index contributed by atoms with van der Waals surface area (Å²) in [5.41, 5.74) is 2.41. The van der Waals surface area contributed by atoms with Crippen LogP contribution in [0.1, 0.15) is 12.8 Å². The predicted molar refractivity (Wildman–Crippen MR) is 224 cm³/mol. The van der Waals surface area contributed by atoms with Gasteiger partial charge in [-0.3, -0.25) is 19.2 Å². The van der Waals surface area contributed by atoms with Crippen LogP contribution in [0.15, 0.2) is 158 Å². The normalized spacial score (nSPS) is 10.8. The van der Waals surface area contributed by atoms with E-state index in [4.69, 9.17) is 0 Å². The Kier molecular flexibility index (Phi) is 12.7. The molecule has 10 heteroatoms. The smallest absolute Gasteiger partial charge is 0.233 e. The summed E-state index contributed by atoms with van der Waals surface area (Å²) >= 11 is 0. The van der Waals surface area contributed by atoms with Crippen LogP contribution >= 0.6 is 15.8 Å². The van der Waals surface area contributed by atoms with Gasteiger partial charge in [0.2, 0.25) is 23.6 Å². The topological polar surface area (TPSA) is 116 Å². The number of hydrogen-bond donors (Lipinski definition) is 4. The Morgan fingerprint density at radius 3 is 0.963 bits per heavy atom. The van der Waals surface area contributed by atoms with Crippen LogP contribution in [0.5, 0.6) is 0 Å². The number of amides is 4. The van der Waals surface area contributed by atoms with Crippen LogP contribution in [0.3, 0.4) is 0 Å². The van der Waals surface area contributed by atoms with Crippen LogP contribution < -0.4 is 53.1 Å². The maximum atomic E-state index is 13.6. The molecule has 270 valence electrons. The Morgan fingerprint density at radius 2 is 0.685 bits per heavy atom. The molecule has 8 nitrogen and oxygen atoms in total. The van der Waals surface area contributed by atoms with E-state index < -0.39 is 39.5 Å². The van der Waals surface area contributed by atoms with Crippen molar-refractivity contribution < 1.29 is 19.2 Å². The van der Waals surface area contributed by atoms with Gasteiger partial charge in [-0.2, -0.15) is 0 Å². The number of benzene rings is 6. The van der Waals surface area contributed by atoms with Gasteiger partial charge in [0, 0.05) is 36.6 Å². The summed E-state index contributed by atoms with van der Waals surface area (Å²) in [7, 11) is 0.506. The Hall–Kier alpha value is -5.94. The monoisotopic (exact) mass is 750 g/mol. The number of carbonyl (C=O) groups is 4. The summed E-state index contributed by atoms with van der Waals surface area (Å²) in [6.45, 7) is 0. The Morgan fingerprint density at radius 1 is 0.389 bits per heavy atom. The molecule has 0 aliphatic carbocycles. The number of carbonyl (C=O) groups excluding carboxylic acids is 4. The summed E-state index contributed by atoms with van der Waals surface area (Å²) < 4.78 is 0. The van der Waals surface area contributed by atoms with Crippen molar-refractivity contribution in [3.63, 3.8) is 0 Å². The minimum atomic E-state index is -1.24. The van der Waals surface area contributed by atoms with E-state index in [1.54, 1.807) is 0 Å². The molecule has 6 aromatic carbocycles. The first kappa shape index (κ1) is 37.8. The maximum absolute atomic E-state index is 13.6. The lowest BCUT2D eigenvalue weighted by Crippen LogP contribution is -2.29. The van der Waals surface area contributed by atoms with Gasteiger partial charge in [-0.05, 0) is 59.8 Å². The van der Waals surface area contributed by atoms with Crippen LogP contribution in [0.25, 0.3) is 11.1 Å². The third-order valence-electron chi connectivity index (χ3n) is 8.62. The maximum Gasteiger partial charge on any atom is 0.233 e. The van der Waals surface area contributed by atoms with Gasteiger partial charge >= 0.3 is 0 Å². The second kappa shape index (κ2) is 18.2. The van der Waals surface area contributed by atoms with Crippen LogP contribution in [0, 0.1) is 0 Å². The van der Waals surface area contributed by atoms with Gasteiger partial charge < -0.3 is 21.3 Å². The van der Waals surface area contributed by atoms with E-state index in [-0.39, 0.29) is 12.8 Å². The van der Waals surface area contributed by atoms with Crippen LogP contribution in [-0.2, 0) is 19.2 Å². The molecule has 4 N–H and O–H groups in total. The van der Waals surface area contributed by atoms with Crippen molar-refractivity contribution >= 4 is 82.7 Å². The average molecular weight is 751 g/mol. The van der Waals surface area contributed by atoms with Gasteiger partial charge in [-0.1, -0.05) is 146 Å². The lowest BCUT2D eigenvalue weighted by atomic mass is 10.0. The fourth-order valence-corrected chi connectivity index (χ4v) is 11.2. The molecular weight excluding hydrogens is 710 g/mol. The van der Waals surface area contributed by atoms with E-state index in [9.17, 15) is 19.2 Å². The molecule has 0 fully saturated rings. The standard InChI is InChI=1S/C44H40N4O4P2/c1-45-39(49)29-41(51)47-35-25-15-27-37(53(31-17-7-3-8-18-31)32-19-9-4-10-20-32)43(35)44-36(48-42(52)30-40(50)46-2)26-16-28-38(44)54(33-21-11-5-12-22-33)34-23-13-6-14-24-34/h3-28H,29-30H2,1-2H3,(H,45,49)(H,46,50)(H,47,51)(H,48,52). The zero-order valence-corrected chi connectivity index (χ0v) is 31.7. The fraction of sp³-hybridized carbons (Fsp3) is 0.0909. The molecule has 0 aliphatic heterocycles. The Balaban J connectivity index is 1.71. The highest BCUT2D eigenvalue weighted by molar-refractivity contribution is 7.80. The summed E-state index contributed by atoms with van der Waals surface area (Å²) in [6.07, 6.45) is -0.741.